The van der Waals surface area contributed by atoms with Crippen molar-refractivity contribution in [2.45, 2.75) is 33.7 Å². The second kappa shape index (κ2) is 5.41. The second-order valence-electron chi connectivity index (χ2n) is 5.44. The van der Waals surface area contributed by atoms with Crippen LogP contribution in [0.4, 0.5) is 0 Å². The number of benzene rings is 1. The van der Waals surface area contributed by atoms with Gasteiger partial charge in [-0.2, -0.15) is 0 Å². The number of rotatable bonds is 4. The van der Waals surface area contributed by atoms with Gasteiger partial charge in [-0.05, 0) is 30.0 Å². The van der Waals surface area contributed by atoms with Gasteiger partial charge < -0.3 is 15.2 Å². The molecule has 0 fully saturated rings. The molecular weight excluding hydrogens is 214 g/mol. The Kier molecular flexibility index (Phi) is 4.40. The van der Waals surface area contributed by atoms with Crippen LogP contribution in [0, 0.1) is 12.3 Å². The van der Waals surface area contributed by atoms with Crippen molar-refractivity contribution in [1.82, 2.24) is 0 Å². The molecule has 1 unspecified atom stereocenters. The third-order valence-corrected chi connectivity index (χ3v) is 2.85. The van der Waals surface area contributed by atoms with Gasteiger partial charge in [-0.25, -0.2) is 0 Å². The summed E-state index contributed by atoms with van der Waals surface area (Å²) in [7, 11) is 1.64. The molecule has 0 amide bonds. The van der Waals surface area contributed by atoms with Gasteiger partial charge in [-0.15, -0.1) is 0 Å². The molecule has 0 aliphatic carbocycles. The van der Waals surface area contributed by atoms with E-state index in [9.17, 15) is 0 Å². The molecule has 0 spiro atoms. The monoisotopic (exact) mass is 237 g/mol. The highest BCUT2D eigenvalue weighted by atomic mass is 16.5. The first-order valence-corrected chi connectivity index (χ1v) is 5.87. The molecular formula is C14H23NO2. The Hall–Kier alpha value is -1.22. The maximum Gasteiger partial charge on any atom is 0.161 e. The molecule has 0 bridgehead atoms. The summed E-state index contributed by atoms with van der Waals surface area (Å²) < 4.78 is 11.0. The fourth-order valence-corrected chi connectivity index (χ4v) is 1.32. The normalized spacial score (nSPS) is 13.3. The first-order chi connectivity index (χ1) is 7.84. The molecule has 2 N–H and O–H groups in total. The van der Waals surface area contributed by atoms with E-state index in [2.05, 4.69) is 20.8 Å². The summed E-state index contributed by atoms with van der Waals surface area (Å²) in [6, 6.07) is 5.87. The highest BCUT2D eigenvalue weighted by Gasteiger charge is 2.21. The SMILES string of the molecule is COc1cc(C)ccc1OCC(N)C(C)(C)C. The van der Waals surface area contributed by atoms with Gasteiger partial charge in [0.1, 0.15) is 6.61 Å². The Morgan fingerprint density at radius 2 is 1.88 bits per heavy atom. The van der Waals surface area contributed by atoms with Crippen LogP contribution in [-0.4, -0.2) is 19.8 Å². The van der Waals surface area contributed by atoms with Crippen molar-refractivity contribution < 1.29 is 9.47 Å². The molecule has 17 heavy (non-hydrogen) atoms. The van der Waals surface area contributed by atoms with E-state index < -0.39 is 0 Å². The summed E-state index contributed by atoms with van der Waals surface area (Å²) >= 11 is 0. The van der Waals surface area contributed by atoms with Gasteiger partial charge in [0.2, 0.25) is 0 Å². The van der Waals surface area contributed by atoms with Gasteiger partial charge in [-0.3, -0.25) is 0 Å². The van der Waals surface area contributed by atoms with E-state index in [1.165, 1.54) is 0 Å². The average molecular weight is 237 g/mol. The highest BCUT2D eigenvalue weighted by molar-refractivity contribution is 5.42. The smallest absolute Gasteiger partial charge is 0.161 e. The molecule has 3 nitrogen and oxygen atoms in total. The van der Waals surface area contributed by atoms with Crippen molar-refractivity contribution in [3.63, 3.8) is 0 Å². The van der Waals surface area contributed by atoms with Crippen LogP contribution in [0.3, 0.4) is 0 Å². The first kappa shape index (κ1) is 13.8. The number of hydrogen-bond acceptors (Lipinski definition) is 3. The summed E-state index contributed by atoms with van der Waals surface area (Å²) in [5.74, 6) is 1.50. The molecule has 0 radical (unpaired) electrons. The van der Waals surface area contributed by atoms with Gasteiger partial charge in [0.05, 0.1) is 7.11 Å². The van der Waals surface area contributed by atoms with E-state index in [1.54, 1.807) is 7.11 Å². The molecule has 0 aromatic heterocycles. The fourth-order valence-electron chi connectivity index (χ4n) is 1.32. The largest absolute Gasteiger partial charge is 0.493 e. The van der Waals surface area contributed by atoms with Crippen molar-refractivity contribution in [2.75, 3.05) is 13.7 Å². The Labute approximate surface area is 104 Å². The van der Waals surface area contributed by atoms with E-state index in [0.717, 1.165) is 17.1 Å². The predicted molar refractivity (Wildman–Crippen MR) is 70.7 cm³/mol. The van der Waals surface area contributed by atoms with Crippen molar-refractivity contribution >= 4 is 0 Å². The standard InChI is InChI=1S/C14H23NO2/c1-10-6-7-11(12(8-10)16-5)17-9-13(15)14(2,3)4/h6-8,13H,9,15H2,1-5H3. The molecule has 3 heteroatoms. The van der Waals surface area contributed by atoms with Crippen LogP contribution in [0.2, 0.25) is 0 Å². The Morgan fingerprint density at radius 3 is 2.41 bits per heavy atom. The number of hydrogen-bond donors (Lipinski definition) is 1. The van der Waals surface area contributed by atoms with Gasteiger partial charge >= 0.3 is 0 Å². The van der Waals surface area contributed by atoms with Gasteiger partial charge in [0.15, 0.2) is 11.5 Å². The lowest BCUT2D eigenvalue weighted by Gasteiger charge is -2.27. The van der Waals surface area contributed by atoms with Crippen molar-refractivity contribution in [3.05, 3.63) is 23.8 Å². The summed E-state index contributed by atoms with van der Waals surface area (Å²) in [4.78, 5) is 0. The van der Waals surface area contributed by atoms with Gasteiger partial charge in [0, 0.05) is 6.04 Å². The Balaban J connectivity index is 2.69. The summed E-state index contributed by atoms with van der Waals surface area (Å²) in [5, 5.41) is 0. The molecule has 0 heterocycles. The highest BCUT2D eigenvalue weighted by Crippen LogP contribution is 2.28. The zero-order chi connectivity index (χ0) is 13.1. The number of nitrogens with two attached hydrogens (primary N) is 1. The third-order valence-electron chi connectivity index (χ3n) is 2.85. The minimum atomic E-state index is -0.00601. The molecule has 96 valence electrons. The summed E-state index contributed by atoms with van der Waals surface area (Å²) in [5.41, 5.74) is 7.24. The molecule has 1 aromatic carbocycles. The van der Waals surface area contributed by atoms with Crippen LogP contribution in [0.5, 0.6) is 11.5 Å². The topological polar surface area (TPSA) is 44.5 Å². The molecule has 0 aliphatic rings. The lowest BCUT2D eigenvalue weighted by Crippen LogP contribution is -2.40. The molecule has 1 rings (SSSR count). The van der Waals surface area contributed by atoms with Gasteiger partial charge in [-0.1, -0.05) is 26.8 Å². The van der Waals surface area contributed by atoms with Crippen molar-refractivity contribution in [2.24, 2.45) is 11.1 Å². The lowest BCUT2D eigenvalue weighted by molar-refractivity contribution is 0.200. The van der Waals surface area contributed by atoms with E-state index in [0.29, 0.717) is 6.61 Å². The van der Waals surface area contributed by atoms with Crippen LogP contribution in [0.25, 0.3) is 0 Å². The predicted octanol–water partition coefficient (Wildman–Crippen LogP) is 2.76. The molecule has 1 atom stereocenters. The Morgan fingerprint density at radius 1 is 1.24 bits per heavy atom. The average Bonchev–Trinajstić information content (AvgIpc) is 2.25. The van der Waals surface area contributed by atoms with Crippen molar-refractivity contribution in [3.8, 4) is 11.5 Å². The fraction of sp³-hybridized carbons (Fsp3) is 0.571. The number of aryl methyl sites for hydroxylation is 1. The zero-order valence-corrected chi connectivity index (χ0v) is 11.4. The van der Waals surface area contributed by atoms with Crippen LogP contribution >= 0.6 is 0 Å². The van der Waals surface area contributed by atoms with Crippen LogP contribution < -0.4 is 15.2 Å². The van der Waals surface area contributed by atoms with E-state index in [-0.39, 0.29) is 11.5 Å². The molecule has 0 aliphatic heterocycles. The first-order valence-electron chi connectivity index (χ1n) is 5.87. The Bertz CT molecular complexity index is 369. The second-order valence-corrected chi connectivity index (χ2v) is 5.44. The van der Waals surface area contributed by atoms with E-state index in [1.807, 2.05) is 25.1 Å². The number of ether oxygens (including phenoxy) is 2. The summed E-state index contributed by atoms with van der Waals surface area (Å²) in [6.45, 7) is 8.82. The maximum absolute atomic E-state index is 6.05. The van der Waals surface area contributed by atoms with E-state index >= 15 is 0 Å². The molecule has 1 aromatic rings. The third kappa shape index (κ3) is 3.93. The lowest BCUT2D eigenvalue weighted by atomic mass is 9.88. The molecule has 0 saturated carbocycles. The minimum Gasteiger partial charge on any atom is -0.493 e. The zero-order valence-electron chi connectivity index (χ0n) is 11.4. The van der Waals surface area contributed by atoms with Crippen LogP contribution in [-0.2, 0) is 0 Å². The van der Waals surface area contributed by atoms with E-state index in [4.69, 9.17) is 15.2 Å². The summed E-state index contributed by atoms with van der Waals surface area (Å²) in [6.07, 6.45) is 0. The van der Waals surface area contributed by atoms with Crippen LogP contribution in [0.1, 0.15) is 26.3 Å². The van der Waals surface area contributed by atoms with Crippen molar-refractivity contribution in [1.29, 1.82) is 0 Å². The maximum atomic E-state index is 6.05. The van der Waals surface area contributed by atoms with Crippen LogP contribution in [0.15, 0.2) is 18.2 Å². The molecule has 0 saturated heterocycles. The number of methoxy groups -OCH3 is 1. The quantitative estimate of drug-likeness (QED) is 0.875. The minimum absolute atomic E-state index is 0.00601. The van der Waals surface area contributed by atoms with Gasteiger partial charge in [0.25, 0.3) is 0 Å².